The van der Waals surface area contributed by atoms with Crippen molar-refractivity contribution in [1.82, 2.24) is 20.2 Å². The van der Waals surface area contributed by atoms with Crippen LogP contribution in [0.1, 0.15) is 52.7 Å². The van der Waals surface area contributed by atoms with Gasteiger partial charge in [0.2, 0.25) is 0 Å². The summed E-state index contributed by atoms with van der Waals surface area (Å²) < 4.78 is 5.70. The number of benzene rings is 1. The number of nitrogens with one attached hydrogen (secondary N) is 1. The van der Waals surface area contributed by atoms with Crippen molar-refractivity contribution in [2.45, 2.75) is 38.5 Å². The second-order valence-corrected chi connectivity index (χ2v) is 6.92. The lowest BCUT2D eigenvalue weighted by atomic mass is 10.1. The first-order valence-corrected chi connectivity index (χ1v) is 9.06. The minimum atomic E-state index is -0.0962. The summed E-state index contributed by atoms with van der Waals surface area (Å²) in [5.74, 6) is 0.636. The number of nitrogens with zero attached hydrogens (tertiary/aromatic N) is 3. The Labute approximate surface area is 154 Å². The van der Waals surface area contributed by atoms with Crippen molar-refractivity contribution >= 4 is 5.91 Å². The van der Waals surface area contributed by atoms with Gasteiger partial charge in [-0.25, -0.2) is 9.97 Å². The quantitative estimate of drug-likeness (QED) is 0.864. The Bertz CT molecular complexity index is 708. The van der Waals surface area contributed by atoms with E-state index in [1.54, 1.807) is 12.4 Å². The van der Waals surface area contributed by atoms with E-state index in [1.807, 2.05) is 38.4 Å². The molecule has 1 atom stereocenters. The van der Waals surface area contributed by atoms with Gasteiger partial charge in [-0.15, -0.1) is 0 Å². The minimum absolute atomic E-state index is 0.00747. The molecule has 0 saturated carbocycles. The van der Waals surface area contributed by atoms with Gasteiger partial charge in [0.1, 0.15) is 6.10 Å². The van der Waals surface area contributed by atoms with Gasteiger partial charge in [0.25, 0.3) is 5.91 Å². The summed E-state index contributed by atoms with van der Waals surface area (Å²) in [6.45, 7) is 2.04. The summed E-state index contributed by atoms with van der Waals surface area (Å²) in [7, 11) is 4.04. The zero-order valence-corrected chi connectivity index (χ0v) is 15.4. The molecule has 1 aliphatic heterocycles. The highest BCUT2D eigenvalue weighted by molar-refractivity contribution is 5.94. The molecule has 138 valence electrons. The zero-order chi connectivity index (χ0) is 18.4. The zero-order valence-electron chi connectivity index (χ0n) is 15.4. The maximum absolute atomic E-state index is 12.3. The first-order valence-electron chi connectivity index (χ1n) is 9.06. The third kappa shape index (κ3) is 5.09. The average molecular weight is 354 g/mol. The molecule has 6 heteroatoms. The third-order valence-corrected chi connectivity index (χ3v) is 4.36. The molecule has 1 fully saturated rings. The van der Waals surface area contributed by atoms with Crippen LogP contribution in [-0.2, 0) is 17.8 Å². The van der Waals surface area contributed by atoms with Crippen molar-refractivity contribution in [2.75, 3.05) is 20.7 Å². The van der Waals surface area contributed by atoms with Gasteiger partial charge in [0.15, 0.2) is 5.82 Å². The Kier molecular flexibility index (Phi) is 6.30. The van der Waals surface area contributed by atoms with Crippen LogP contribution in [0.4, 0.5) is 0 Å². The number of rotatable bonds is 6. The van der Waals surface area contributed by atoms with Gasteiger partial charge in [0, 0.05) is 43.2 Å². The number of hydrogen-bond acceptors (Lipinski definition) is 5. The van der Waals surface area contributed by atoms with Crippen LogP contribution < -0.4 is 5.32 Å². The molecule has 1 aromatic heterocycles. The third-order valence-electron chi connectivity index (χ3n) is 4.36. The fraction of sp³-hybridized carbons (Fsp3) is 0.450. The molecule has 1 amide bonds. The molecule has 1 aliphatic rings. The molecule has 3 rings (SSSR count). The Balaban J connectivity index is 1.52. The SMILES string of the molecule is CN(C)Cc1ccc(C(=O)NCc2cnc([C@H]3CCCCO3)nc2)cc1. The van der Waals surface area contributed by atoms with E-state index in [2.05, 4.69) is 20.2 Å². The lowest BCUT2D eigenvalue weighted by molar-refractivity contribution is 0.00940. The maximum Gasteiger partial charge on any atom is 0.251 e. The Hall–Kier alpha value is -2.31. The number of carbonyl (C=O) groups is 1. The second kappa shape index (κ2) is 8.87. The van der Waals surface area contributed by atoms with Crippen LogP contribution in [0.5, 0.6) is 0 Å². The molecule has 0 aliphatic carbocycles. The molecule has 1 saturated heterocycles. The fourth-order valence-corrected chi connectivity index (χ4v) is 2.98. The van der Waals surface area contributed by atoms with Crippen molar-refractivity contribution in [3.63, 3.8) is 0 Å². The van der Waals surface area contributed by atoms with Gasteiger partial charge in [-0.1, -0.05) is 12.1 Å². The normalized spacial score (nSPS) is 17.3. The van der Waals surface area contributed by atoms with Crippen LogP contribution >= 0.6 is 0 Å². The standard InChI is InChI=1S/C20H26N4O2/c1-24(2)14-15-6-8-17(9-7-15)20(25)23-13-16-11-21-19(22-12-16)18-5-3-4-10-26-18/h6-9,11-12,18H,3-5,10,13-14H2,1-2H3,(H,23,25)/t18-/m1/s1. The fourth-order valence-electron chi connectivity index (χ4n) is 2.98. The molecule has 2 heterocycles. The molecule has 0 bridgehead atoms. The summed E-state index contributed by atoms with van der Waals surface area (Å²) in [5, 5.41) is 2.91. The molecule has 0 unspecified atom stereocenters. The van der Waals surface area contributed by atoms with Gasteiger partial charge in [-0.05, 0) is 51.1 Å². The molecule has 0 radical (unpaired) electrons. The first kappa shape index (κ1) is 18.5. The van der Waals surface area contributed by atoms with E-state index in [-0.39, 0.29) is 12.0 Å². The number of ether oxygens (including phenoxy) is 1. The summed E-state index contributed by atoms with van der Waals surface area (Å²) >= 11 is 0. The van der Waals surface area contributed by atoms with Crippen molar-refractivity contribution < 1.29 is 9.53 Å². The minimum Gasteiger partial charge on any atom is -0.370 e. The maximum atomic E-state index is 12.3. The average Bonchev–Trinajstić information content (AvgIpc) is 2.67. The van der Waals surface area contributed by atoms with Crippen molar-refractivity contribution in [3.8, 4) is 0 Å². The van der Waals surface area contributed by atoms with E-state index < -0.39 is 0 Å². The predicted molar refractivity (Wildman–Crippen MR) is 99.6 cm³/mol. The molecule has 2 aromatic rings. The predicted octanol–water partition coefficient (Wildman–Crippen LogP) is 2.71. The van der Waals surface area contributed by atoms with Crippen molar-refractivity contribution in [2.24, 2.45) is 0 Å². The molecule has 1 N–H and O–H groups in total. The van der Waals surface area contributed by atoms with Gasteiger partial charge < -0.3 is 15.0 Å². The molecular weight excluding hydrogens is 328 g/mol. The number of carbonyl (C=O) groups excluding carboxylic acids is 1. The van der Waals surface area contributed by atoms with Crippen molar-refractivity contribution in [1.29, 1.82) is 0 Å². The first-order chi connectivity index (χ1) is 12.6. The van der Waals surface area contributed by atoms with E-state index in [0.29, 0.717) is 12.1 Å². The second-order valence-electron chi connectivity index (χ2n) is 6.92. The molecule has 0 spiro atoms. The molecule has 1 aromatic carbocycles. The van der Waals surface area contributed by atoms with Crippen molar-refractivity contribution in [3.05, 3.63) is 59.2 Å². The lowest BCUT2D eigenvalue weighted by Crippen LogP contribution is -2.23. The van der Waals surface area contributed by atoms with Gasteiger partial charge in [0.05, 0.1) is 0 Å². The summed E-state index contributed by atoms with van der Waals surface area (Å²) in [6, 6.07) is 7.68. The van der Waals surface area contributed by atoms with Gasteiger partial charge in [-0.3, -0.25) is 4.79 Å². The van der Waals surface area contributed by atoms with E-state index in [1.165, 1.54) is 5.56 Å². The van der Waals surface area contributed by atoms with Gasteiger partial charge >= 0.3 is 0 Å². The van der Waals surface area contributed by atoms with Crippen LogP contribution in [-0.4, -0.2) is 41.5 Å². The summed E-state index contributed by atoms with van der Waals surface area (Å²) in [4.78, 5) is 23.2. The number of hydrogen-bond donors (Lipinski definition) is 1. The van der Waals surface area contributed by atoms with E-state index in [9.17, 15) is 4.79 Å². The van der Waals surface area contributed by atoms with Crippen LogP contribution in [0.3, 0.4) is 0 Å². The number of amides is 1. The van der Waals surface area contributed by atoms with Crippen LogP contribution in [0, 0.1) is 0 Å². The van der Waals surface area contributed by atoms with Crippen LogP contribution in [0.2, 0.25) is 0 Å². The Morgan fingerprint density at radius 3 is 2.50 bits per heavy atom. The van der Waals surface area contributed by atoms with Crippen LogP contribution in [0.25, 0.3) is 0 Å². The Morgan fingerprint density at radius 2 is 1.88 bits per heavy atom. The number of aromatic nitrogens is 2. The largest absolute Gasteiger partial charge is 0.370 e. The highest BCUT2D eigenvalue weighted by Crippen LogP contribution is 2.24. The van der Waals surface area contributed by atoms with Gasteiger partial charge in [-0.2, -0.15) is 0 Å². The van der Waals surface area contributed by atoms with E-state index in [4.69, 9.17) is 4.74 Å². The highest BCUT2D eigenvalue weighted by Gasteiger charge is 2.18. The summed E-state index contributed by atoms with van der Waals surface area (Å²) in [5.41, 5.74) is 2.71. The molecule has 26 heavy (non-hydrogen) atoms. The smallest absolute Gasteiger partial charge is 0.251 e. The molecular formula is C20H26N4O2. The monoisotopic (exact) mass is 354 g/mol. The molecule has 6 nitrogen and oxygen atoms in total. The van der Waals surface area contributed by atoms with Crippen LogP contribution in [0.15, 0.2) is 36.7 Å². The Morgan fingerprint density at radius 1 is 1.15 bits per heavy atom. The highest BCUT2D eigenvalue weighted by atomic mass is 16.5. The lowest BCUT2D eigenvalue weighted by Gasteiger charge is -2.21. The topological polar surface area (TPSA) is 67.4 Å². The van der Waals surface area contributed by atoms with E-state index >= 15 is 0 Å². The van der Waals surface area contributed by atoms with E-state index in [0.717, 1.165) is 43.8 Å². The summed E-state index contributed by atoms with van der Waals surface area (Å²) in [6.07, 6.45) is 6.77.